The molecular weight excluding hydrogens is 270 g/mol. The second kappa shape index (κ2) is 6.93. The van der Waals surface area contributed by atoms with Gasteiger partial charge in [-0.25, -0.2) is 9.78 Å². The minimum absolute atomic E-state index is 0.00486. The first-order chi connectivity index (χ1) is 8.99. The van der Waals surface area contributed by atoms with Crippen LogP contribution >= 0.6 is 11.8 Å². The molecule has 2 N–H and O–H groups in total. The molecule has 1 aromatic heterocycles. The average Bonchev–Trinajstić information content (AvgIpc) is 2.37. The van der Waals surface area contributed by atoms with E-state index in [1.165, 1.54) is 0 Å². The zero-order valence-corrected chi connectivity index (χ0v) is 11.4. The summed E-state index contributed by atoms with van der Waals surface area (Å²) >= 11 is 1.60. The van der Waals surface area contributed by atoms with E-state index in [1.54, 1.807) is 11.8 Å². The van der Waals surface area contributed by atoms with Crippen LogP contribution in [0.15, 0.2) is 12.1 Å². The van der Waals surface area contributed by atoms with Gasteiger partial charge in [-0.3, -0.25) is 10.1 Å². The molecule has 1 heterocycles. The maximum absolute atomic E-state index is 10.9. The maximum Gasteiger partial charge on any atom is 0.354 e. The summed E-state index contributed by atoms with van der Waals surface area (Å²) in [5.74, 6) is -0.450. The number of rotatable bonds is 7. The van der Waals surface area contributed by atoms with E-state index in [-0.39, 0.29) is 23.2 Å². The molecule has 1 atom stereocenters. The molecule has 0 saturated heterocycles. The second-order valence-corrected chi connectivity index (χ2v) is 4.74. The van der Waals surface area contributed by atoms with Crippen molar-refractivity contribution in [1.29, 1.82) is 0 Å². The number of carboxylic acid groups (broad SMARTS) is 1. The highest BCUT2D eigenvalue weighted by atomic mass is 32.2. The van der Waals surface area contributed by atoms with E-state index >= 15 is 0 Å². The summed E-state index contributed by atoms with van der Waals surface area (Å²) in [5.41, 5.74) is -0.434. The molecule has 104 valence electrons. The molecule has 0 aliphatic carbocycles. The van der Waals surface area contributed by atoms with Crippen molar-refractivity contribution in [3.05, 3.63) is 27.9 Å². The fourth-order valence-electron chi connectivity index (χ4n) is 1.48. The first-order valence-corrected chi connectivity index (χ1v) is 7.03. The molecule has 0 radical (unpaired) electrons. The number of nitrogens with zero attached hydrogens (tertiary/aromatic N) is 2. The van der Waals surface area contributed by atoms with Crippen LogP contribution in [0, 0.1) is 10.1 Å². The number of aromatic carboxylic acids is 1. The highest BCUT2D eigenvalue weighted by Crippen LogP contribution is 2.23. The minimum Gasteiger partial charge on any atom is -0.477 e. The lowest BCUT2D eigenvalue weighted by Gasteiger charge is -2.16. The number of nitrogens with one attached hydrogen (secondary N) is 1. The molecule has 0 aliphatic rings. The first-order valence-electron chi connectivity index (χ1n) is 5.63. The van der Waals surface area contributed by atoms with E-state index < -0.39 is 10.9 Å². The largest absolute Gasteiger partial charge is 0.477 e. The number of anilines is 1. The molecular formula is C11H15N3O4S. The molecule has 0 amide bonds. The van der Waals surface area contributed by atoms with Crippen LogP contribution < -0.4 is 5.32 Å². The van der Waals surface area contributed by atoms with E-state index in [4.69, 9.17) is 5.11 Å². The van der Waals surface area contributed by atoms with Crippen molar-refractivity contribution in [3.63, 3.8) is 0 Å². The van der Waals surface area contributed by atoms with Crippen molar-refractivity contribution in [3.8, 4) is 0 Å². The van der Waals surface area contributed by atoms with Gasteiger partial charge >= 0.3 is 11.7 Å². The molecule has 7 nitrogen and oxygen atoms in total. The Kier molecular flexibility index (Phi) is 5.56. The van der Waals surface area contributed by atoms with Gasteiger partial charge in [0.2, 0.25) is 5.82 Å². The average molecular weight is 285 g/mol. The van der Waals surface area contributed by atoms with Crippen LogP contribution in [-0.2, 0) is 0 Å². The van der Waals surface area contributed by atoms with Crippen LogP contribution in [0.3, 0.4) is 0 Å². The van der Waals surface area contributed by atoms with Gasteiger partial charge in [0.15, 0.2) is 5.69 Å². The summed E-state index contributed by atoms with van der Waals surface area (Å²) in [4.78, 5) is 25.0. The lowest BCUT2D eigenvalue weighted by molar-refractivity contribution is -0.384. The highest BCUT2D eigenvalue weighted by Gasteiger charge is 2.20. The number of thioether (sulfide) groups is 1. The van der Waals surface area contributed by atoms with Gasteiger partial charge in [-0.15, -0.1) is 0 Å². The molecule has 8 heteroatoms. The third-order valence-corrected chi connectivity index (χ3v) is 3.23. The monoisotopic (exact) mass is 285 g/mol. The molecule has 0 bridgehead atoms. The highest BCUT2D eigenvalue weighted by molar-refractivity contribution is 7.98. The van der Waals surface area contributed by atoms with Crippen molar-refractivity contribution in [1.82, 2.24) is 4.98 Å². The Morgan fingerprint density at radius 3 is 2.79 bits per heavy atom. The van der Waals surface area contributed by atoms with Crippen molar-refractivity contribution in [2.75, 3.05) is 17.3 Å². The molecule has 19 heavy (non-hydrogen) atoms. The zero-order valence-electron chi connectivity index (χ0n) is 10.6. The Morgan fingerprint density at radius 2 is 2.32 bits per heavy atom. The number of hydrogen-bond donors (Lipinski definition) is 2. The Balaban J connectivity index is 3.09. The Morgan fingerprint density at radius 1 is 1.63 bits per heavy atom. The van der Waals surface area contributed by atoms with Gasteiger partial charge in [0, 0.05) is 17.9 Å². The van der Waals surface area contributed by atoms with Gasteiger partial charge in [-0.1, -0.05) is 6.92 Å². The van der Waals surface area contributed by atoms with Gasteiger partial charge in [0.1, 0.15) is 0 Å². The molecule has 0 aliphatic heterocycles. The number of hydrogen-bond acceptors (Lipinski definition) is 6. The molecule has 1 rings (SSSR count). The Hall–Kier alpha value is -1.83. The third-order valence-electron chi connectivity index (χ3n) is 2.49. The number of carboxylic acids is 1. The van der Waals surface area contributed by atoms with E-state index in [1.807, 2.05) is 13.2 Å². The fraction of sp³-hybridized carbons (Fsp3) is 0.455. The van der Waals surface area contributed by atoms with E-state index in [0.717, 1.165) is 24.3 Å². The van der Waals surface area contributed by atoms with Crippen LogP contribution in [0.5, 0.6) is 0 Å². The first kappa shape index (κ1) is 15.2. The van der Waals surface area contributed by atoms with Crippen molar-refractivity contribution < 1.29 is 14.8 Å². The summed E-state index contributed by atoms with van der Waals surface area (Å²) in [6.45, 7) is 1.95. The van der Waals surface area contributed by atoms with E-state index in [9.17, 15) is 14.9 Å². The van der Waals surface area contributed by atoms with Gasteiger partial charge in [-0.05, 0) is 18.7 Å². The molecule has 0 aromatic carbocycles. The number of pyridine rings is 1. The van der Waals surface area contributed by atoms with Gasteiger partial charge in [0.05, 0.1) is 4.92 Å². The molecule has 0 saturated carbocycles. The normalized spacial score (nSPS) is 11.9. The third kappa shape index (κ3) is 4.09. The Bertz CT molecular complexity index is 481. The number of carbonyl (C=O) groups is 1. The summed E-state index contributed by atoms with van der Waals surface area (Å²) in [5, 5.41) is 22.7. The second-order valence-electron chi connectivity index (χ2n) is 3.83. The topological polar surface area (TPSA) is 105 Å². The summed E-state index contributed by atoms with van der Waals surface area (Å²) in [6, 6.07) is 2.29. The van der Waals surface area contributed by atoms with E-state index in [0.29, 0.717) is 0 Å². The summed E-state index contributed by atoms with van der Waals surface area (Å²) < 4.78 is 0. The van der Waals surface area contributed by atoms with Crippen LogP contribution in [0.25, 0.3) is 0 Å². The fourth-order valence-corrected chi connectivity index (χ4v) is 2.20. The van der Waals surface area contributed by atoms with Gasteiger partial charge in [-0.2, -0.15) is 11.8 Å². The van der Waals surface area contributed by atoms with Crippen LogP contribution in [-0.4, -0.2) is 39.0 Å². The minimum atomic E-state index is -1.21. The number of nitro groups is 1. The quantitative estimate of drug-likeness (QED) is 0.584. The SMILES string of the molecule is CCC(CSC)Nc1nc(C(=O)O)ccc1[N+](=O)[O-]. The number of aromatic nitrogens is 1. The van der Waals surface area contributed by atoms with E-state index in [2.05, 4.69) is 10.3 Å². The molecule has 1 aromatic rings. The molecule has 1 unspecified atom stereocenters. The molecule has 0 spiro atoms. The van der Waals surface area contributed by atoms with Crippen molar-refractivity contribution in [2.24, 2.45) is 0 Å². The lowest BCUT2D eigenvalue weighted by Crippen LogP contribution is -2.23. The lowest BCUT2D eigenvalue weighted by atomic mass is 10.2. The van der Waals surface area contributed by atoms with Crippen LogP contribution in [0.2, 0.25) is 0 Å². The summed E-state index contributed by atoms with van der Waals surface area (Å²) in [6.07, 6.45) is 2.69. The van der Waals surface area contributed by atoms with Crippen molar-refractivity contribution >= 4 is 29.2 Å². The van der Waals surface area contributed by atoms with Crippen LogP contribution in [0.1, 0.15) is 23.8 Å². The zero-order chi connectivity index (χ0) is 14.4. The van der Waals surface area contributed by atoms with Gasteiger partial charge < -0.3 is 10.4 Å². The molecule has 0 fully saturated rings. The standard InChI is InChI=1S/C11H15N3O4S/c1-3-7(6-19-2)12-10-9(14(17)18)5-4-8(13-10)11(15)16/h4-5,7H,3,6H2,1-2H3,(H,12,13)(H,15,16). The predicted octanol–water partition coefficient (Wildman–Crippen LogP) is 2.24. The smallest absolute Gasteiger partial charge is 0.354 e. The Labute approximate surface area is 114 Å². The summed E-state index contributed by atoms with van der Waals surface area (Å²) in [7, 11) is 0. The van der Waals surface area contributed by atoms with Crippen molar-refractivity contribution in [2.45, 2.75) is 19.4 Å². The van der Waals surface area contributed by atoms with Crippen LogP contribution in [0.4, 0.5) is 11.5 Å². The predicted molar refractivity (Wildman–Crippen MR) is 73.9 cm³/mol. The maximum atomic E-state index is 10.9. The van der Waals surface area contributed by atoms with Gasteiger partial charge in [0.25, 0.3) is 0 Å².